The highest BCUT2D eigenvalue weighted by atomic mass is 19.4. The Balaban J connectivity index is 1.48. The number of amides is 2. The van der Waals surface area contributed by atoms with Crippen LogP contribution in [0.25, 0.3) is 0 Å². The van der Waals surface area contributed by atoms with Crippen LogP contribution in [0.2, 0.25) is 0 Å². The average Bonchev–Trinajstić information content (AvgIpc) is 2.56. The molecule has 0 heterocycles. The van der Waals surface area contributed by atoms with Crippen molar-refractivity contribution in [1.82, 2.24) is 10.6 Å². The smallest absolute Gasteiger partial charge is 0.352 e. The van der Waals surface area contributed by atoms with E-state index in [9.17, 15) is 22.8 Å². The standard InChI is InChI=1S/C21H25F3N2O2/c1-13(27)26-20-9-15-5-16(10-20)8-19(7-15,12-20)18(28)25-11-14-3-2-4-17(6-14)21(22,23)24/h2-4,6,15-16H,5,7-12H2,1H3,(H,25,28)(H,26,27)/t15-,16-,19?,20?/m0/s1. The lowest BCUT2D eigenvalue weighted by Gasteiger charge is -2.61. The lowest BCUT2D eigenvalue weighted by Crippen LogP contribution is -2.65. The number of hydrogen-bond donors (Lipinski definition) is 2. The molecule has 4 aliphatic carbocycles. The van der Waals surface area contributed by atoms with E-state index in [2.05, 4.69) is 10.6 Å². The van der Waals surface area contributed by atoms with Gasteiger partial charge in [-0.3, -0.25) is 9.59 Å². The molecule has 0 aromatic heterocycles. The Kier molecular flexibility index (Phi) is 4.47. The summed E-state index contributed by atoms with van der Waals surface area (Å²) >= 11 is 0. The van der Waals surface area contributed by atoms with E-state index in [-0.39, 0.29) is 23.9 Å². The van der Waals surface area contributed by atoms with Crippen molar-refractivity contribution >= 4 is 11.8 Å². The molecule has 1 aromatic rings. The van der Waals surface area contributed by atoms with Crippen LogP contribution in [0.5, 0.6) is 0 Å². The van der Waals surface area contributed by atoms with Gasteiger partial charge in [-0.25, -0.2) is 0 Å². The van der Waals surface area contributed by atoms with Crippen molar-refractivity contribution < 1.29 is 22.8 Å². The molecule has 4 fully saturated rings. The number of carbonyl (C=O) groups excluding carboxylic acids is 2. The second kappa shape index (κ2) is 6.49. The summed E-state index contributed by atoms with van der Waals surface area (Å²) < 4.78 is 38.7. The van der Waals surface area contributed by atoms with Crippen molar-refractivity contribution in [1.29, 1.82) is 0 Å². The Morgan fingerprint density at radius 3 is 2.43 bits per heavy atom. The first-order valence-electron chi connectivity index (χ1n) is 9.82. The van der Waals surface area contributed by atoms with Crippen LogP contribution in [0.4, 0.5) is 13.2 Å². The third kappa shape index (κ3) is 3.51. The van der Waals surface area contributed by atoms with Crippen LogP contribution in [-0.2, 0) is 22.3 Å². The summed E-state index contributed by atoms with van der Waals surface area (Å²) in [7, 11) is 0. The Bertz CT molecular complexity index is 791. The SMILES string of the molecule is CC(=O)NC12C[C@H]3C[C@H](C1)CC(C(=O)NCc1cccc(C(F)(F)F)c1)(C3)C2. The zero-order valence-electron chi connectivity index (χ0n) is 15.9. The van der Waals surface area contributed by atoms with E-state index >= 15 is 0 Å². The van der Waals surface area contributed by atoms with E-state index in [0.29, 0.717) is 23.8 Å². The summed E-state index contributed by atoms with van der Waals surface area (Å²) in [6.45, 7) is 1.59. The molecule has 1 aromatic carbocycles. The molecule has 0 radical (unpaired) electrons. The van der Waals surface area contributed by atoms with Gasteiger partial charge in [0.05, 0.1) is 11.0 Å². The lowest BCUT2D eigenvalue weighted by atomic mass is 9.46. The van der Waals surface area contributed by atoms with Gasteiger partial charge >= 0.3 is 6.18 Å². The summed E-state index contributed by atoms with van der Waals surface area (Å²) in [5.74, 6) is 0.690. The summed E-state index contributed by atoms with van der Waals surface area (Å²) in [4.78, 5) is 24.9. The van der Waals surface area contributed by atoms with Gasteiger partial charge in [0.2, 0.25) is 11.8 Å². The maximum atomic E-state index is 13.1. The molecular weight excluding hydrogens is 369 g/mol. The molecule has 4 saturated carbocycles. The minimum Gasteiger partial charge on any atom is -0.352 e. The third-order valence-corrected chi connectivity index (χ3v) is 6.69. The monoisotopic (exact) mass is 394 g/mol. The number of rotatable bonds is 4. The summed E-state index contributed by atoms with van der Waals surface area (Å²) in [6.07, 6.45) is 0.783. The summed E-state index contributed by atoms with van der Waals surface area (Å²) in [5.41, 5.74) is -1.10. The quantitative estimate of drug-likeness (QED) is 0.816. The number of hydrogen-bond acceptors (Lipinski definition) is 2. The van der Waals surface area contributed by atoms with Gasteiger partial charge in [-0.05, 0) is 68.1 Å². The topological polar surface area (TPSA) is 58.2 Å². The van der Waals surface area contributed by atoms with Crippen LogP contribution >= 0.6 is 0 Å². The minimum absolute atomic E-state index is 0.0681. The molecule has 4 bridgehead atoms. The van der Waals surface area contributed by atoms with Gasteiger partial charge in [-0.2, -0.15) is 13.2 Å². The highest BCUT2D eigenvalue weighted by molar-refractivity contribution is 5.84. The molecule has 152 valence electrons. The fourth-order valence-corrected chi connectivity index (χ4v) is 6.28. The van der Waals surface area contributed by atoms with E-state index in [0.717, 1.165) is 44.2 Å². The average molecular weight is 394 g/mol. The first kappa shape index (κ1) is 19.3. The number of halogens is 3. The second-order valence-corrected chi connectivity index (χ2v) is 9.08. The van der Waals surface area contributed by atoms with E-state index in [1.165, 1.54) is 13.0 Å². The third-order valence-electron chi connectivity index (χ3n) is 6.69. The molecule has 5 rings (SSSR count). The maximum Gasteiger partial charge on any atom is 0.416 e. The molecular formula is C21H25F3N2O2. The predicted molar refractivity (Wildman–Crippen MR) is 97.0 cm³/mol. The van der Waals surface area contributed by atoms with Gasteiger partial charge in [0, 0.05) is 19.0 Å². The summed E-state index contributed by atoms with van der Waals surface area (Å²) in [5, 5.41) is 6.01. The molecule has 0 spiro atoms. The lowest BCUT2D eigenvalue weighted by molar-refractivity contribution is -0.153. The first-order chi connectivity index (χ1) is 13.1. The molecule has 2 N–H and O–H groups in total. The van der Waals surface area contributed by atoms with Crippen molar-refractivity contribution in [3.8, 4) is 0 Å². The van der Waals surface area contributed by atoms with Crippen molar-refractivity contribution in [2.24, 2.45) is 17.3 Å². The van der Waals surface area contributed by atoms with Gasteiger partial charge in [0.25, 0.3) is 0 Å². The molecule has 4 aliphatic rings. The Labute approximate surface area is 162 Å². The fourth-order valence-electron chi connectivity index (χ4n) is 6.28. The molecule has 2 atom stereocenters. The highest BCUT2D eigenvalue weighted by Crippen LogP contribution is 2.61. The number of carbonyl (C=O) groups is 2. The highest BCUT2D eigenvalue weighted by Gasteiger charge is 2.60. The Morgan fingerprint density at radius 1 is 1.14 bits per heavy atom. The van der Waals surface area contributed by atoms with Crippen LogP contribution in [0.3, 0.4) is 0 Å². The van der Waals surface area contributed by atoms with E-state index in [1.54, 1.807) is 6.07 Å². The largest absolute Gasteiger partial charge is 0.416 e. The van der Waals surface area contributed by atoms with Crippen LogP contribution in [0.15, 0.2) is 24.3 Å². The van der Waals surface area contributed by atoms with Gasteiger partial charge in [0.15, 0.2) is 0 Å². The fraction of sp³-hybridized carbons (Fsp3) is 0.619. The first-order valence-corrected chi connectivity index (χ1v) is 9.82. The van der Waals surface area contributed by atoms with Crippen LogP contribution < -0.4 is 10.6 Å². The number of benzene rings is 1. The van der Waals surface area contributed by atoms with Crippen LogP contribution in [0.1, 0.15) is 56.6 Å². The Hall–Kier alpha value is -2.05. The molecule has 2 amide bonds. The zero-order chi connectivity index (χ0) is 20.2. The van der Waals surface area contributed by atoms with Gasteiger partial charge in [-0.15, -0.1) is 0 Å². The minimum atomic E-state index is -4.40. The normalized spacial score (nSPS) is 33.6. The molecule has 0 saturated heterocycles. The van der Waals surface area contributed by atoms with Gasteiger partial charge < -0.3 is 10.6 Å². The molecule has 4 nitrogen and oxygen atoms in total. The van der Waals surface area contributed by atoms with Crippen LogP contribution in [0, 0.1) is 17.3 Å². The van der Waals surface area contributed by atoms with Crippen LogP contribution in [-0.4, -0.2) is 17.4 Å². The van der Waals surface area contributed by atoms with E-state index in [1.807, 2.05) is 0 Å². The molecule has 0 aliphatic heterocycles. The van der Waals surface area contributed by atoms with E-state index in [4.69, 9.17) is 0 Å². The summed E-state index contributed by atoms with van der Waals surface area (Å²) in [6, 6.07) is 5.06. The van der Waals surface area contributed by atoms with Crippen molar-refractivity contribution in [2.75, 3.05) is 0 Å². The molecule has 28 heavy (non-hydrogen) atoms. The zero-order valence-corrected chi connectivity index (χ0v) is 15.9. The van der Waals surface area contributed by atoms with Gasteiger partial charge in [-0.1, -0.05) is 12.1 Å². The number of alkyl halides is 3. The predicted octanol–water partition coefficient (Wildman–Crippen LogP) is 3.80. The van der Waals surface area contributed by atoms with Crippen molar-refractivity contribution in [2.45, 2.75) is 63.7 Å². The van der Waals surface area contributed by atoms with Gasteiger partial charge in [0.1, 0.15) is 0 Å². The number of nitrogens with one attached hydrogen (secondary N) is 2. The molecule has 0 unspecified atom stereocenters. The van der Waals surface area contributed by atoms with E-state index < -0.39 is 17.2 Å². The molecule has 7 heteroatoms. The Morgan fingerprint density at radius 2 is 1.82 bits per heavy atom. The van der Waals surface area contributed by atoms with Crippen molar-refractivity contribution in [3.05, 3.63) is 35.4 Å². The maximum absolute atomic E-state index is 13.1. The van der Waals surface area contributed by atoms with Crippen molar-refractivity contribution in [3.63, 3.8) is 0 Å². The second-order valence-electron chi connectivity index (χ2n) is 9.08.